The number of hydrogen-bond acceptors (Lipinski definition) is 6. The average molecular weight is 694 g/mol. The molecular formula is C41H47N3O5S. The van der Waals surface area contributed by atoms with E-state index in [2.05, 4.69) is 20.1 Å². The minimum absolute atomic E-state index is 0.171. The van der Waals surface area contributed by atoms with Crippen LogP contribution >= 0.6 is 11.8 Å². The molecule has 3 aliphatic rings. The number of rotatable bonds is 13. The molecule has 0 aromatic heterocycles. The van der Waals surface area contributed by atoms with Crippen molar-refractivity contribution in [3.8, 4) is 5.75 Å². The molecular weight excluding hydrogens is 647 g/mol. The fraction of sp³-hybridized carbons (Fsp3) is 0.390. The van der Waals surface area contributed by atoms with E-state index < -0.39 is 33.4 Å². The molecule has 3 saturated heterocycles. The minimum Gasteiger partial charge on any atom is -0.494 e. The van der Waals surface area contributed by atoms with Crippen LogP contribution in [-0.2, 0) is 14.4 Å². The summed E-state index contributed by atoms with van der Waals surface area (Å²) in [4.78, 5) is 50.6. The molecule has 0 aliphatic carbocycles. The fourth-order valence-electron chi connectivity index (χ4n) is 8.69. The molecule has 3 aromatic carbocycles. The number of para-hydroxylation sites is 1. The highest BCUT2D eigenvalue weighted by Gasteiger charge is 2.78. The summed E-state index contributed by atoms with van der Waals surface area (Å²) < 4.78 is 4.17. The third kappa shape index (κ3) is 5.74. The number of hydrogen-bond donors (Lipinski definition) is 1. The number of carbonyl (C=O) groups excluding carboxylic acids is 3. The number of thioether (sulfide) groups is 1. The van der Waals surface area contributed by atoms with Crippen molar-refractivity contribution in [3.63, 3.8) is 0 Å². The van der Waals surface area contributed by atoms with Crippen LogP contribution in [0.2, 0.25) is 0 Å². The number of benzene rings is 3. The number of carbonyl (C=O) groups is 3. The Morgan fingerprint density at radius 1 is 0.960 bits per heavy atom. The van der Waals surface area contributed by atoms with Crippen molar-refractivity contribution in [3.05, 3.63) is 115 Å². The van der Waals surface area contributed by atoms with Gasteiger partial charge < -0.3 is 24.5 Å². The van der Waals surface area contributed by atoms with Gasteiger partial charge in [-0.05, 0) is 81.5 Å². The van der Waals surface area contributed by atoms with Crippen molar-refractivity contribution in [1.82, 2.24) is 4.90 Å². The number of nitrogens with zero attached hydrogens (tertiary/aromatic N) is 3. The summed E-state index contributed by atoms with van der Waals surface area (Å²) in [6.07, 6.45) is 4.66. The average Bonchev–Trinajstić information content (AvgIpc) is 3.68. The Hall–Kier alpha value is -4.34. The first-order valence-electron chi connectivity index (χ1n) is 17.4. The Bertz CT molecular complexity index is 1760. The monoisotopic (exact) mass is 693 g/mol. The number of amides is 3. The lowest BCUT2D eigenvalue weighted by Crippen LogP contribution is -2.56. The van der Waals surface area contributed by atoms with Gasteiger partial charge in [-0.15, -0.1) is 24.9 Å². The molecule has 3 fully saturated rings. The van der Waals surface area contributed by atoms with Crippen LogP contribution in [0.15, 0.2) is 98.1 Å². The molecule has 8 nitrogen and oxygen atoms in total. The molecule has 262 valence electrons. The van der Waals surface area contributed by atoms with E-state index in [0.717, 1.165) is 22.4 Å². The Morgan fingerprint density at radius 3 is 2.20 bits per heavy atom. The van der Waals surface area contributed by atoms with E-state index in [1.165, 1.54) is 0 Å². The van der Waals surface area contributed by atoms with E-state index in [9.17, 15) is 9.90 Å². The predicted molar refractivity (Wildman–Crippen MR) is 200 cm³/mol. The van der Waals surface area contributed by atoms with E-state index in [0.29, 0.717) is 30.9 Å². The third-order valence-electron chi connectivity index (χ3n) is 10.7. The number of aryl methyl sites for hydroxylation is 2. The lowest BCUT2D eigenvalue weighted by molar-refractivity contribution is -0.142. The molecule has 6 atom stereocenters. The first-order chi connectivity index (χ1) is 24.1. The number of fused-ring (bicyclic) bond motifs is 1. The molecule has 3 heterocycles. The van der Waals surface area contributed by atoms with Gasteiger partial charge in [0.1, 0.15) is 11.8 Å². The fourth-order valence-corrected chi connectivity index (χ4v) is 11.0. The van der Waals surface area contributed by atoms with Crippen molar-refractivity contribution >= 4 is 40.9 Å². The van der Waals surface area contributed by atoms with Crippen LogP contribution in [0.1, 0.15) is 49.4 Å². The molecule has 2 unspecified atom stereocenters. The molecule has 3 amide bonds. The van der Waals surface area contributed by atoms with Crippen LogP contribution in [0.4, 0.5) is 11.4 Å². The maximum Gasteiger partial charge on any atom is 0.251 e. The molecule has 0 saturated carbocycles. The van der Waals surface area contributed by atoms with E-state index >= 15 is 9.59 Å². The number of likely N-dealkylation sites (tertiary alicyclic amines) is 1. The van der Waals surface area contributed by atoms with Crippen molar-refractivity contribution in [2.45, 2.75) is 62.1 Å². The highest BCUT2D eigenvalue weighted by atomic mass is 32.2. The summed E-state index contributed by atoms with van der Waals surface area (Å²) in [5, 5.41) is 11.0. The molecule has 3 aliphatic heterocycles. The smallest absolute Gasteiger partial charge is 0.251 e. The van der Waals surface area contributed by atoms with Gasteiger partial charge in [0.25, 0.3) is 5.91 Å². The summed E-state index contributed by atoms with van der Waals surface area (Å²) in [6, 6.07) is 21.0. The van der Waals surface area contributed by atoms with Gasteiger partial charge in [-0.1, -0.05) is 60.7 Å². The zero-order chi connectivity index (χ0) is 35.8. The summed E-state index contributed by atoms with van der Waals surface area (Å²) in [6.45, 7) is 16.5. The van der Waals surface area contributed by atoms with Crippen LogP contribution < -0.4 is 14.5 Å². The van der Waals surface area contributed by atoms with Crippen LogP contribution in [0.25, 0.3) is 0 Å². The Kier molecular flexibility index (Phi) is 10.0. The van der Waals surface area contributed by atoms with Crippen molar-refractivity contribution in [2.24, 2.45) is 11.8 Å². The second-order valence-electron chi connectivity index (χ2n) is 13.7. The summed E-state index contributed by atoms with van der Waals surface area (Å²) >= 11 is 1.62. The first-order valence-corrected chi connectivity index (χ1v) is 18.2. The standard InChI is InChI=1S/C41H47N3O5S/c1-7-24-42(30-18-20-31(21-19-30)49-9-3)37(46)33-34-38(47)44(32(26-45)29-16-11-10-12-17-29)36(41(34)23-22-40(33,6)50-41)39(48)43(25-8-2)35-27(4)14-13-15-28(35)5/h7-8,10-21,32-34,36,45H,1-2,9,22-26H2,3-6H3/t32-,33-,34+,36?,40+,41?/m1/s1. The number of ether oxygens (including phenoxy) is 1. The second-order valence-corrected chi connectivity index (χ2v) is 15.6. The van der Waals surface area contributed by atoms with Gasteiger partial charge in [-0.3, -0.25) is 14.4 Å². The maximum atomic E-state index is 15.4. The van der Waals surface area contributed by atoms with Gasteiger partial charge in [0.15, 0.2) is 0 Å². The highest BCUT2D eigenvalue weighted by Crippen LogP contribution is 2.72. The van der Waals surface area contributed by atoms with Crippen LogP contribution in [0, 0.1) is 25.7 Å². The number of aliphatic hydroxyl groups excluding tert-OH is 1. The molecule has 0 radical (unpaired) electrons. The third-order valence-corrected chi connectivity index (χ3v) is 12.7. The molecule has 2 bridgehead atoms. The predicted octanol–water partition coefficient (Wildman–Crippen LogP) is 6.66. The molecule has 3 aromatic rings. The molecule has 50 heavy (non-hydrogen) atoms. The highest BCUT2D eigenvalue weighted by molar-refractivity contribution is 8.02. The van der Waals surface area contributed by atoms with Gasteiger partial charge in [-0.25, -0.2) is 0 Å². The van der Waals surface area contributed by atoms with E-state index in [1.54, 1.807) is 38.6 Å². The molecule has 1 spiro atoms. The van der Waals surface area contributed by atoms with E-state index in [-0.39, 0.29) is 37.4 Å². The number of aliphatic hydroxyl groups is 1. The van der Waals surface area contributed by atoms with Gasteiger partial charge in [0.2, 0.25) is 11.8 Å². The zero-order valence-electron chi connectivity index (χ0n) is 29.4. The van der Waals surface area contributed by atoms with Crippen LogP contribution in [0.5, 0.6) is 5.75 Å². The Balaban J connectivity index is 1.49. The van der Waals surface area contributed by atoms with Crippen molar-refractivity contribution in [2.75, 3.05) is 36.1 Å². The largest absolute Gasteiger partial charge is 0.494 e. The van der Waals surface area contributed by atoms with Crippen LogP contribution in [0.3, 0.4) is 0 Å². The minimum atomic E-state index is -0.931. The summed E-state index contributed by atoms with van der Waals surface area (Å²) in [5.41, 5.74) is 4.07. The topological polar surface area (TPSA) is 90.4 Å². The van der Waals surface area contributed by atoms with Gasteiger partial charge >= 0.3 is 0 Å². The lowest BCUT2D eigenvalue weighted by atomic mass is 9.66. The quantitative estimate of drug-likeness (QED) is 0.202. The molecule has 6 rings (SSSR count). The van der Waals surface area contributed by atoms with Gasteiger partial charge in [0, 0.05) is 29.2 Å². The van der Waals surface area contributed by atoms with E-state index in [4.69, 9.17) is 4.74 Å². The molecule has 1 N–H and O–H groups in total. The van der Waals surface area contributed by atoms with Crippen LogP contribution in [-0.4, -0.2) is 69.6 Å². The van der Waals surface area contributed by atoms with E-state index in [1.807, 2.05) is 93.6 Å². The SMILES string of the molecule is C=CCN(C(=O)[C@H]1[C@H]2C(=O)N([C@H](CO)c3ccccc3)C(C(=O)N(CC=C)c3c(C)cccc3C)C23CC[C@]1(C)S3)c1ccc(OCC)cc1. The lowest BCUT2D eigenvalue weighted by Gasteiger charge is -2.40. The molecule has 9 heteroatoms. The zero-order valence-corrected chi connectivity index (χ0v) is 30.2. The Labute approximate surface area is 299 Å². The number of anilines is 2. The Morgan fingerprint density at radius 2 is 1.60 bits per heavy atom. The normalized spacial score (nSPS) is 25.6. The van der Waals surface area contributed by atoms with Crippen molar-refractivity contribution in [1.29, 1.82) is 0 Å². The summed E-state index contributed by atoms with van der Waals surface area (Å²) in [7, 11) is 0. The second kappa shape index (κ2) is 14.1. The van der Waals surface area contributed by atoms with Gasteiger partial charge in [-0.2, -0.15) is 0 Å². The summed E-state index contributed by atoms with van der Waals surface area (Å²) in [5.74, 6) is -1.45. The first kappa shape index (κ1) is 35.5. The van der Waals surface area contributed by atoms with Crippen molar-refractivity contribution < 1.29 is 24.2 Å². The van der Waals surface area contributed by atoms with Gasteiger partial charge in [0.05, 0.1) is 35.8 Å². The maximum absolute atomic E-state index is 15.4.